The molecule has 1 atom stereocenters. The summed E-state index contributed by atoms with van der Waals surface area (Å²) >= 11 is 0. The summed E-state index contributed by atoms with van der Waals surface area (Å²) in [5.41, 5.74) is 1.80. The molecule has 5 nitrogen and oxygen atoms in total. The summed E-state index contributed by atoms with van der Waals surface area (Å²) in [5.74, 6) is -1.03. The molecule has 4 rings (SSSR count). The van der Waals surface area contributed by atoms with E-state index in [4.69, 9.17) is 4.74 Å². The smallest absolute Gasteiger partial charge is 0.300 e. The SMILES string of the molecule is COc1cccc(N2C(=O)C(=O)C(=C(O)c3ccccc3)C2c2ccccc2)c1. The van der Waals surface area contributed by atoms with Crippen LogP contribution in [0.5, 0.6) is 5.75 Å². The first-order chi connectivity index (χ1) is 14.1. The van der Waals surface area contributed by atoms with Crippen molar-refractivity contribution in [1.29, 1.82) is 0 Å². The number of nitrogens with zero attached hydrogens (tertiary/aromatic N) is 1. The number of ether oxygens (including phenoxy) is 1. The van der Waals surface area contributed by atoms with Gasteiger partial charge in [0.25, 0.3) is 11.7 Å². The van der Waals surface area contributed by atoms with Crippen LogP contribution in [0.2, 0.25) is 0 Å². The fourth-order valence-corrected chi connectivity index (χ4v) is 3.56. The highest BCUT2D eigenvalue weighted by Gasteiger charge is 2.46. The van der Waals surface area contributed by atoms with E-state index in [1.165, 1.54) is 12.0 Å². The van der Waals surface area contributed by atoms with Gasteiger partial charge in [-0.05, 0) is 17.7 Å². The van der Waals surface area contributed by atoms with Crippen LogP contribution >= 0.6 is 0 Å². The Morgan fingerprint density at radius 2 is 1.55 bits per heavy atom. The molecule has 1 unspecified atom stereocenters. The topological polar surface area (TPSA) is 66.8 Å². The number of hydrogen-bond donors (Lipinski definition) is 1. The van der Waals surface area contributed by atoms with Gasteiger partial charge in [-0.1, -0.05) is 66.7 Å². The number of Topliss-reactive ketones (excluding diaryl/α,β-unsaturated/α-hetero) is 1. The Morgan fingerprint density at radius 1 is 0.897 bits per heavy atom. The van der Waals surface area contributed by atoms with E-state index in [0.29, 0.717) is 17.0 Å². The molecule has 1 N–H and O–H groups in total. The van der Waals surface area contributed by atoms with Crippen molar-refractivity contribution in [2.24, 2.45) is 0 Å². The van der Waals surface area contributed by atoms with Gasteiger partial charge in [0, 0.05) is 17.3 Å². The lowest BCUT2D eigenvalue weighted by Gasteiger charge is -2.25. The van der Waals surface area contributed by atoms with Crippen molar-refractivity contribution in [2.45, 2.75) is 6.04 Å². The third-order valence-electron chi connectivity index (χ3n) is 4.94. The predicted molar refractivity (Wildman–Crippen MR) is 111 cm³/mol. The van der Waals surface area contributed by atoms with Crippen molar-refractivity contribution in [1.82, 2.24) is 0 Å². The van der Waals surface area contributed by atoms with Gasteiger partial charge in [-0.25, -0.2) is 0 Å². The summed E-state index contributed by atoms with van der Waals surface area (Å²) in [7, 11) is 1.54. The van der Waals surface area contributed by atoms with Crippen molar-refractivity contribution in [3.8, 4) is 5.75 Å². The Hall–Kier alpha value is -3.86. The van der Waals surface area contributed by atoms with Gasteiger partial charge in [0.1, 0.15) is 11.5 Å². The summed E-state index contributed by atoms with van der Waals surface area (Å²) < 4.78 is 5.28. The lowest BCUT2D eigenvalue weighted by molar-refractivity contribution is -0.132. The highest BCUT2D eigenvalue weighted by Crippen LogP contribution is 2.42. The summed E-state index contributed by atoms with van der Waals surface area (Å²) in [6.07, 6.45) is 0. The third kappa shape index (κ3) is 3.27. The largest absolute Gasteiger partial charge is 0.507 e. The van der Waals surface area contributed by atoms with Gasteiger partial charge >= 0.3 is 0 Å². The summed E-state index contributed by atoms with van der Waals surface area (Å²) in [6, 6.07) is 24.2. The van der Waals surface area contributed by atoms with E-state index < -0.39 is 17.7 Å². The Kier molecular flexibility index (Phi) is 4.87. The zero-order valence-electron chi connectivity index (χ0n) is 15.8. The maximum atomic E-state index is 13.0. The maximum absolute atomic E-state index is 13.0. The van der Waals surface area contributed by atoms with E-state index in [9.17, 15) is 14.7 Å². The maximum Gasteiger partial charge on any atom is 0.300 e. The average molecular weight is 385 g/mol. The number of carbonyl (C=O) groups excluding carboxylic acids is 2. The lowest BCUT2D eigenvalue weighted by Crippen LogP contribution is -2.29. The molecule has 0 spiro atoms. The zero-order chi connectivity index (χ0) is 20.4. The molecule has 3 aromatic carbocycles. The molecule has 1 amide bonds. The standard InChI is InChI=1S/C24H19NO4/c1-29-19-14-8-13-18(15-19)25-21(16-9-4-2-5-10-16)20(23(27)24(25)28)22(26)17-11-6-3-7-12-17/h2-15,21,26H,1H3. The van der Waals surface area contributed by atoms with Gasteiger partial charge in [-0.3, -0.25) is 14.5 Å². The Labute approximate surface area is 168 Å². The van der Waals surface area contributed by atoms with E-state index in [1.807, 2.05) is 36.4 Å². The van der Waals surface area contributed by atoms with E-state index >= 15 is 0 Å². The first-order valence-corrected chi connectivity index (χ1v) is 9.17. The number of anilines is 1. The monoisotopic (exact) mass is 385 g/mol. The molecule has 0 saturated carbocycles. The van der Waals surface area contributed by atoms with Crippen molar-refractivity contribution < 1.29 is 19.4 Å². The number of aliphatic hydroxyl groups is 1. The minimum absolute atomic E-state index is 0.0650. The van der Waals surface area contributed by atoms with Crippen LogP contribution in [-0.2, 0) is 9.59 Å². The van der Waals surface area contributed by atoms with Crippen LogP contribution in [0.15, 0.2) is 90.5 Å². The molecular formula is C24H19NO4. The molecule has 1 heterocycles. The third-order valence-corrected chi connectivity index (χ3v) is 4.94. The lowest BCUT2D eigenvalue weighted by atomic mass is 9.95. The molecule has 1 aliphatic rings. The first kappa shape index (κ1) is 18.5. The molecule has 29 heavy (non-hydrogen) atoms. The number of aliphatic hydroxyl groups excluding tert-OH is 1. The normalized spacial score (nSPS) is 18.1. The highest BCUT2D eigenvalue weighted by atomic mass is 16.5. The second-order valence-corrected chi connectivity index (χ2v) is 6.65. The first-order valence-electron chi connectivity index (χ1n) is 9.17. The second kappa shape index (κ2) is 7.64. The predicted octanol–water partition coefficient (Wildman–Crippen LogP) is 4.32. The van der Waals surface area contributed by atoms with Crippen molar-refractivity contribution in [3.63, 3.8) is 0 Å². The van der Waals surface area contributed by atoms with Gasteiger partial charge < -0.3 is 9.84 Å². The highest BCUT2D eigenvalue weighted by molar-refractivity contribution is 6.51. The van der Waals surface area contributed by atoms with Gasteiger partial charge in [0.15, 0.2) is 0 Å². The molecule has 5 heteroatoms. The number of hydrogen-bond acceptors (Lipinski definition) is 4. The molecule has 0 aromatic heterocycles. The molecule has 3 aromatic rings. The minimum Gasteiger partial charge on any atom is -0.507 e. The molecule has 0 bridgehead atoms. The molecule has 1 aliphatic heterocycles. The number of methoxy groups -OCH3 is 1. The Balaban J connectivity index is 1.94. The minimum atomic E-state index is -0.747. The number of ketones is 1. The Morgan fingerprint density at radius 3 is 2.21 bits per heavy atom. The van der Waals surface area contributed by atoms with Gasteiger partial charge in [-0.15, -0.1) is 0 Å². The van der Waals surface area contributed by atoms with E-state index in [-0.39, 0.29) is 11.3 Å². The molecule has 0 radical (unpaired) electrons. The second-order valence-electron chi connectivity index (χ2n) is 6.65. The number of amides is 1. The van der Waals surface area contributed by atoms with Crippen LogP contribution < -0.4 is 9.64 Å². The van der Waals surface area contributed by atoms with Crippen molar-refractivity contribution >= 4 is 23.1 Å². The molecular weight excluding hydrogens is 366 g/mol. The summed E-state index contributed by atoms with van der Waals surface area (Å²) in [4.78, 5) is 27.4. The van der Waals surface area contributed by atoms with Gasteiger partial charge in [-0.2, -0.15) is 0 Å². The van der Waals surface area contributed by atoms with Crippen LogP contribution in [0, 0.1) is 0 Å². The van der Waals surface area contributed by atoms with Crippen LogP contribution in [0.1, 0.15) is 17.2 Å². The van der Waals surface area contributed by atoms with Gasteiger partial charge in [0.2, 0.25) is 0 Å². The quantitative estimate of drug-likeness (QED) is 0.413. The Bertz CT molecular complexity index is 1090. The molecule has 1 saturated heterocycles. The summed E-state index contributed by atoms with van der Waals surface area (Å²) in [6.45, 7) is 0. The molecule has 144 valence electrons. The van der Waals surface area contributed by atoms with Crippen LogP contribution in [0.25, 0.3) is 5.76 Å². The van der Waals surface area contributed by atoms with Gasteiger partial charge in [0.05, 0.1) is 18.7 Å². The van der Waals surface area contributed by atoms with Crippen molar-refractivity contribution in [2.75, 3.05) is 12.0 Å². The van der Waals surface area contributed by atoms with Crippen LogP contribution in [0.3, 0.4) is 0 Å². The van der Waals surface area contributed by atoms with Crippen LogP contribution in [0.4, 0.5) is 5.69 Å². The summed E-state index contributed by atoms with van der Waals surface area (Å²) in [5, 5.41) is 11.0. The zero-order valence-corrected chi connectivity index (χ0v) is 15.8. The van der Waals surface area contributed by atoms with E-state index in [1.54, 1.807) is 48.5 Å². The average Bonchev–Trinajstić information content (AvgIpc) is 3.05. The van der Waals surface area contributed by atoms with E-state index in [2.05, 4.69) is 0 Å². The fraction of sp³-hybridized carbons (Fsp3) is 0.0833. The molecule has 0 aliphatic carbocycles. The fourth-order valence-electron chi connectivity index (χ4n) is 3.56. The number of rotatable bonds is 4. The van der Waals surface area contributed by atoms with E-state index in [0.717, 1.165) is 5.56 Å². The van der Waals surface area contributed by atoms with Crippen LogP contribution in [-0.4, -0.2) is 23.9 Å². The number of carbonyl (C=O) groups is 2. The van der Waals surface area contributed by atoms with Crippen molar-refractivity contribution in [3.05, 3.63) is 102 Å². The molecule has 1 fully saturated rings. The number of benzene rings is 3.